The van der Waals surface area contributed by atoms with Gasteiger partial charge in [-0.3, -0.25) is 9.59 Å². The highest BCUT2D eigenvalue weighted by atomic mass is 16.4. The topological polar surface area (TPSA) is 115 Å². The summed E-state index contributed by atoms with van der Waals surface area (Å²) >= 11 is 0. The maximum Gasteiger partial charge on any atom is 0.303 e. The van der Waals surface area contributed by atoms with E-state index in [2.05, 4.69) is 0 Å². The number of unbranched alkanes of at least 4 members (excludes halogenated alkanes) is 1. The number of aryl methyl sites for hydroxylation is 1. The molecular weight excluding hydrogens is 372 g/mol. The fraction of sp³-hybridized carbons (Fsp3) is 0.478. The standard InChI is InChI=1S/C23H30O6/c1-15-12-16(8-11-20(15)25)13-17(24)9-10-19-18(21(26)14-22(19)27)6-4-2-3-5-7-23(28)29/h2,4,8-12,17-19,22,24-25,27H,3,5-7,13-14H2,1H3,(H,28,29)/t17-,18+,19+,22+/m0/s1. The summed E-state index contributed by atoms with van der Waals surface area (Å²) in [5.74, 6) is -1.28. The number of Topliss-reactive ketones (excluding diaryl/α,β-unsaturated/α-hetero) is 1. The van der Waals surface area contributed by atoms with Crippen molar-refractivity contribution in [3.05, 3.63) is 53.6 Å². The van der Waals surface area contributed by atoms with Crippen molar-refractivity contribution in [2.24, 2.45) is 11.8 Å². The molecule has 0 radical (unpaired) electrons. The molecule has 6 heteroatoms. The summed E-state index contributed by atoms with van der Waals surface area (Å²) in [6.07, 6.45) is 7.89. The van der Waals surface area contributed by atoms with Crippen LogP contribution >= 0.6 is 0 Å². The van der Waals surface area contributed by atoms with E-state index in [0.29, 0.717) is 25.7 Å². The van der Waals surface area contributed by atoms with Crippen molar-refractivity contribution in [1.82, 2.24) is 0 Å². The van der Waals surface area contributed by atoms with Crippen molar-refractivity contribution in [3.8, 4) is 5.75 Å². The zero-order chi connectivity index (χ0) is 21.4. The molecule has 1 saturated carbocycles. The van der Waals surface area contributed by atoms with Gasteiger partial charge in [-0.15, -0.1) is 0 Å². The van der Waals surface area contributed by atoms with Gasteiger partial charge in [0.15, 0.2) is 0 Å². The van der Waals surface area contributed by atoms with Crippen LogP contribution in [0.2, 0.25) is 0 Å². The molecule has 1 aromatic rings. The minimum absolute atomic E-state index is 0.00554. The van der Waals surface area contributed by atoms with Crippen LogP contribution in [0, 0.1) is 18.8 Å². The van der Waals surface area contributed by atoms with E-state index in [-0.39, 0.29) is 36.2 Å². The molecule has 0 unspecified atom stereocenters. The first-order valence-electron chi connectivity index (χ1n) is 10.0. The van der Waals surface area contributed by atoms with Crippen LogP contribution in [0.5, 0.6) is 5.75 Å². The van der Waals surface area contributed by atoms with Crippen molar-refractivity contribution in [1.29, 1.82) is 0 Å². The number of hydrogen-bond donors (Lipinski definition) is 4. The van der Waals surface area contributed by atoms with Crippen LogP contribution in [-0.4, -0.2) is 44.4 Å². The smallest absolute Gasteiger partial charge is 0.303 e. The number of aliphatic hydroxyl groups excluding tert-OH is 2. The number of rotatable bonds is 10. The van der Waals surface area contributed by atoms with Crippen LogP contribution in [0.15, 0.2) is 42.5 Å². The highest BCUT2D eigenvalue weighted by Gasteiger charge is 2.39. The van der Waals surface area contributed by atoms with Crippen molar-refractivity contribution in [3.63, 3.8) is 0 Å². The third-order valence-electron chi connectivity index (χ3n) is 5.31. The van der Waals surface area contributed by atoms with Gasteiger partial charge in [0.2, 0.25) is 0 Å². The Hall–Kier alpha value is -2.44. The zero-order valence-corrected chi connectivity index (χ0v) is 16.7. The number of benzene rings is 1. The highest BCUT2D eigenvalue weighted by molar-refractivity contribution is 5.84. The van der Waals surface area contributed by atoms with Crippen LogP contribution in [0.3, 0.4) is 0 Å². The second-order valence-electron chi connectivity index (χ2n) is 7.69. The minimum Gasteiger partial charge on any atom is -0.508 e. The predicted octanol–water partition coefficient (Wildman–Crippen LogP) is 2.93. The number of aliphatic hydroxyl groups is 2. The van der Waals surface area contributed by atoms with E-state index in [1.807, 2.05) is 18.2 Å². The number of ketones is 1. The average molecular weight is 402 g/mol. The molecule has 2 rings (SSSR count). The van der Waals surface area contributed by atoms with Gasteiger partial charge in [-0.25, -0.2) is 0 Å². The average Bonchev–Trinajstić information content (AvgIpc) is 2.92. The van der Waals surface area contributed by atoms with E-state index in [9.17, 15) is 24.9 Å². The summed E-state index contributed by atoms with van der Waals surface area (Å²) in [5.41, 5.74) is 1.63. The normalized spacial score (nSPS) is 23.3. The summed E-state index contributed by atoms with van der Waals surface area (Å²) in [7, 11) is 0. The van der Waals surface area contributed by atoms with E-state index in [4.69, 9.17) is 5.11 Å². The fourth-order valence-corrected chi connectivity index (χ4v) is 3.67. The van der Waals surface area contributed by atoms with Crippen molar-refractivity contribution >= 4 is 11.8 Å². The monoisotopic (exact) mass is 402 g/mol. The maximum atomic E-state index is 12.2. The van der Waals surface area contributed by atoms with Crippen LogP contribution in [0.25, 0.3) is 0 Å². The van der Waals surface area contributed by atoms with E-state index in [1.165, 1.54) is 0 Å². The SMILES string of the molecule is Cc1cc(C[C@@H](O)C=C[C@H]2[C@H](O)CC(=O)[C@@H]2CC=CCCCC(=O)O)ccc1O. The van der Waals surface area contributed by atoms with E-state index in [0.717, 1.165) is 11.1 Å². The number of phenolic OH excluding ortho intramolecular Hbond substituents is 1. The molecular formula is C23H30O6. The number of aliphatic carboxylic acids is 1. The number of aromatic hydroxyl groups is 1. The summed E-state index contributed by atoms with van der Waals surface area (Å²) in [5, 5.41) is 38.7. The Balaban J connectivity index is 1.91. The first-order valence-corrected chi connectivity index (χ1v) is 10.0. The van der Waals surface area contributed by atoms with Gasteiger partial charge in [0, 0.05) is 31.1 Å². The van der Waals surface area contributed by atoms with E-state index >= 15 is 0 Å². The molecule has 6 nitrogen and oxygen atoms in total. The molecule has 4 N–H and O–H groups in total. The lowest BCUT2D eigenvalue weighted by Gasteiger charge is -2.17. The van der Waals surface area contributed by atoms with Gasteiger partial charge >= 0.3 is 5.97 Å². The molecule has 4 atom stereocenters. The first kappa shape index (κ1) is 22.8. The molecule has 0 saturated heterocycles. The highest BCUT2D eigenvalue weighted by Crippen LogP contribution is 2.33. The molecule has 0 heterocycles. The number of hydrogen-bond acceptors (Lipinski definition) is 5. The first-order chi connectivity index (χ1) is 13.8. The quantitative estimate of drug-likeness (QED) is 0.353. The number of carbonyl (C=O) groups is 2. The molecule has 1 aromatic carbocycles. The predicted molar refractivity (Wildman–Crippen MR) is 110 cm³/mol. The van der Waals surface area contributed by atoms with Crippen LogP contribution < -0.4 is 0 Å². The maximum absolute atomic E-state index is 12.2. The van der Waals surface area contributed by atoms with Crippen LogP contribution in [0.1, 0.15) is 43.2 Å². The molecule has 0 aliphatic heterocycles. The van der Waals surface area contributed by atoms with Gasteiger partial charge in [-0.05, 0) is 43.4 Å². The summed E-state index contributed by atoms with van der Waals surface area (Å²) < 4.78 is 0. The van der Waals surface area contributed by atoms with Gasteiger partial charge in [0.05, 0.1) is 12.2 Å². The summed E-state index contributed by atoms with van der Waals surface area (Å²) in [6, 6.07) is 5.17. The van der Waals surface area contributed by atoms with Crippen molar-refractivity contribution in [2.75, 3.05) is 0 Å². The lowest BCUT2D eigenvalue weighted by atomic mass is 9.90. The van der Waals surface area contributed by atoms with E-state index in [1.54, 1.807) is 31.2 Å². The number of carbonyl (C=O) groups excluding carboxylic acids is 1. The summed E-state index contributed by atoms with van der Waals surface area (Å²) in [4.78, 5) is 22.7. The molecule has 0 aromatic heterocycles. The van der Waals surface area contributed by atoms with Gasteiger partial charge in [-0.1, -0.05) is 36.4 Å². The molecule has 1 aliphatic carbocycles. The van der Waals surface area contributed by atoms with Gasteiger partial charge in [0.1, 0.15) is 11.5 Å². The lowest BCUT2D eigenvalue weighted by molar-refractivity contribution is -0.137. The Labute approximate surface area is 171 Å². The van der Waals surface area contributed by atoms with Crippen molar-refractivity contribution < 1.29 is 30.0 Å². The molecule has 158 valence electrons. The number of carboxylic acid groups (broad SMARTS) is 1. The Bertz CT molecular complexity index is 767. The largest absolute Gasteiger partial charge is 0.508 e. The van der Waals surface area contributed by atoms with Gasteiger partial charge in [0.25, 0.3) is 0 Å². The van der Waals surface area contributed by atoms with Gasteiger partial charge in [-0.2, -0.15) is 0 Å². The third-order valence-corrected chi connectivity index (χ3v) is 5.31. The minimum atomic E-state index is -0.821. The molecule has 0 spiro atoms. The number of phenols is 1. The molecule has 1 aliphatic rings. The molecule has 1 fully saturated rings. The van der Waals surface area contributed by atoms with Crippen LogP contribution in [-0.2, 0) is 16.0 Å². The Morgan fingerprint density at radius 2 is 2.07 bits per heavy atom. The number of allylic oxidation sites excluding steroid dienone is 2. The van der Waals surface area contributed by atoms with Gasteiger partial charge < -0.3 is 20.4 Å². The Kier molecular flexibility index (Phi) is 8.61. The summed E-state index contributed by atoms with van der Waals surface area (Å²) in [6.45, 7) is 1.79. The second kappa shape index (κ2) is 10.9. The molecule has 29 heavy (non-hydrogen) atoms. The lowest BCUT2D eigenvalue weighted by Crippen LogP contribution is -2.19. The number of carboxylic acids is 1. The fourth-order valence-electron chi connectivity index (χ4n) is 3.67. The Morgan fingerprint density at radius 1 is 1.31 bits per heavy atom. The second-order valence-corrected chi connectivity index (χ2v) is 7.69. The van der Waals surface area contributed by atoms with Crippen molar-refractivity contribution in [2.45, 2.75) is 57.7 Å². The molecule has 0 bridgehead atoms. The van der Waals surface area contributed by atoms with E-state index < -0.39 is 18.2 Å². The van der Waals surface area contributed by atoms with Crippen LogP contribution in [0.4, 0.5) is 0 Å². The third kappa shape index (κ3) is 7.15. The zero-order valence-electron chi connectivity index (χ0n) is 16.7. The molecule has 0 amide bonds. The Morgan fingerprint density at radius 3 is 2.76 bits per heavy atom.